The van der Waals surface area contributed by atoms with Gasteiger partial charge in [-0.3, -0.25) is 9.59 Å². The molecule has 4 aromatic carbocycles. The first kappa shape index (κ1) is 48.4. The molecule has 8 rings (SSSR count). The van der Waals surface area contributed by atoms with E-state index in [1.165, 1.54) is 86.6 Å². The van der Waals surface area contributed by atoms with Crippen LogP contribution in [0.4, 0.5) is 46.5 Å². The monoisotopic (exact) mass is 942 g/mol. The van der Waals surface area contributed by atoms with Crippen LogP contribution in [0, 0.1) is 25.5 Å². The average molecular weight is 943 g/mol. The SMILES string of the molecule is Cc1noc(=O)c2ccc(NC(=O)C(O)(CC3(c4ccccc4F)CCC3)C(F)(F)F)cc12.Cc1noc(=O)c2ccc(NC(=O)C(O)(CC3(c4ccccc4F)CCCC3)C(F)(F)F)cc12. The summed E-state index contributed by atoms with van der Waals surface area (Å²) in [5, 5.41) is 33.7. The maximum atomic E-state index is 14.6. The number of hydrogen-bond donors (Lipinski definition) is 4. The van der Waals surface area contributed by atoms with Crippen LogP contribution in [0.1, 0.15) is 80.3 Å². The number of rotatable bonds is 10. The number of alkyl halides is 6. The van der Waals surface area contributed by atoms with Crippen molar-refractivity contribution in [2.24, 2.45) is 0 Å². The third-order valence-electron chi connectivity index (χ3n) is 12.9. The van der Waals surface area contributed by atoms with E-state index in [4.69, 9.17) is 0 Å². The van der Waals surface area contributed by atoms with E-state index in [0.29, 0.717) is 30.7 Å². The second-order valence-electron chi connectivity index (χ2n) is 17.2. The molecular formula is C47H42F8N4O8. The summed E-state index contributed by atoms with van der Waals surface area (Å²) >= 11 is 0. The van der Waals surface area contributed by atoms with Crippen molar-refractivity contribution >= 4 is 44.7 Å². The first-order valence-electron chi connectivity index (χ1n) is 21.0. The molecule has 2 aliphatic rings. The number of carbonyl (C=O) groups is 2. The highest BCUT2D eigenvalue weighted by molar-refractivity contribution is 6.01. The Morgan fingerprint density at radius 3 is 1.27 bits per heavy atom. The highest BCUT2D eigenvalue weighted by atomic mass is 19.4. The summed E-state index contributed by atoms with van der Waals surface area (Å²) < 4.78 is 123. The molecule has 67 heavy (non-hydrogen) atoms. The fraction of sp³-hybridized carbons (Fsp3) is 0.362. The van der Waals surface area contributed by atoms with Crippen molar-refractivity contribution in [1.82, 2.24) is 10.3 Å². The second kappa shape index (κ2) is 17.9. The summed E-state index contributed by atoms with van der Waals surface area (Å²) in [6.07, 6.45) is -10.2. The summed E-state index contributed by atoms with van der Waals surface area (Å²) in [5.74, 6) is -4.73. The zero-order valence-electron chi connectivity index (χ0n) is 35.7. The number of amides is 2. The number of nitrogens with zero attached hydrogens (tertiary/aromatic N) is 2. The summed E-state index contributed by atoms with van der Waals surface area (Å²) in [6.45, 7) is 3.05. The molecular weight excluding hydrogens is 901 g/mol. The van der Waals surface area contributed by atoms with Crippen molar-refractivity contribution in [2.45, 2.75) is 106 Å². The standard InChI is InChI=1S/C24H22F4N2O4.C23H20F4N2O4/c1-14-17-12-15(8-9-16(17)20(31)34-30-14)29-21(32)23(33,24(26,27)28)13-22(10-4-5-11-22)18-6-2-3-7-19(18)25;1-13-16-11-14(7-8-15(16)19(30)33-29-13)28-20(31)22(32,23(25,26)27)12-21(9-4-10-21)17-5-2-3-6-18(17)24/h2-3,6-9,12,33H,4-5,10-11,13H2,1H3,(H,29,32);2-3,5-8,11,32H,4,9-10,12H2,1H3,(H,28,31). The first-order chi connectivity index (χ1) is 31.4. The molecule has 0 saturated heterocycles. The van der Waals surface area contributed by atoms with Gasteiger partial charge in [0.15, 0.2) is 0 Å². The van der Waals surface area contributed by atoms with E-state index in [1.807, 2.05) is 0 Å². The quantitative estimate of drug-likeness (QED) is 0.0966. The Bertz CT molecular complexity index is 2980. The van der Waals surface area contributed by atoms with Gasteiger partial charge < -0.3 is 29.9 Å². The average Bonchev–Trinajstić information content (AvgIpc) is 3.73. The molecule has 2 amide bonds. The summed E-state index contributed by atoms with van der Waals surface area (Å²) in [7, 11) is 0. The Morgan fingerprint density at radius 2 is 0.940 bits per heavy atom. The Labute approximate surface area is 375 Å². The van der Waals surface area contributed by atoms with Crippen LogP contribution >= 0.6 is 0 Å². The number of aryl methyl sites for hydroxylation is 2. The van der Waals surface area contributed by atoms with Gasteiger partial charge in [-0.25, -0.2) is 18.4 Å². The molecule has 4 N–H and O–H groups in total. The smallest absolute Gasteiger partial charge is 0.373 e. The largest absolute Gasteiger partial charge is 0.426 e. The van der Waals surface area contributed by atoms with Crippen LogP contribution in [0.5, 0.6) is 0 Å². The number of benzene rings is 4. The number of aliphatic hydroxyl groups is 2. The lowest BCUT2D eigenvalue weighted by molar-refractivity contribution is -0.257. The van der Waals surface area contributed by atoms with Gasteiger partial charge in [-0.05, 0) is 99.2 Å². The molecule has 20 heteroatoms. The topological polar surface area (TPSA) is 185 Å². The lowest BCUT2D eigenvalue weighted by Gasteiger charge is -2.47. The Kier molecular flexibility index (Phi) is 13.0. The van der Waals surface area contributed by atoms with E-state index >= 15 is 0 Å². The van der Waals surface area contributed by atoms with Crippen molar-refractivity contribution in [3.8, 4) is 0 Å². The number of aromatic nitrogens is 2. The fourth-order valence-corrected chi connectivity index (χ4v) is 9.20. The molecule has 6 aromatic rings. The molecule has 2 unspecified atom stereocenters. The Morgan fingerprint density at radius 1 is 0.582 bits per heavy atom. The summed E-state index contributed by atoms with van der Waals surface area (Å²) in [5.41, 5.74) is -11.2. The zero-order chi connectivity index (χ0) is 48.7. The lowest BCUT2D eigenvalue weighted by atomic mass is 9.59. The lowest BCUT2D eigenvalue weighted by Crippen LogP contribution is -2.59. The minimum Gasteiger partial charge on any atom is -0.373 e. The number of halogens is 8. The minimum absolute atomic E-state index is 0.0471. The molecule has 2 saturated carbocycles. The van der Waals surface area contributed by atoms with Gasteiger partial charge in [0.25, 0.3) is 11.8 Å². The third kappa shape index (κ3) is 9.15. The molecule has 2 aliphatic carbocycles. The van der Waals surface area contributed by atoms with Crippen molar-refractivity contribution < 1.29 is 64.0 Å². The number of fused-ring (bicyclic) bond motifs is 2. The molecule has 0 bridgehead atoms. The van der Waals surface area contributed by atoms with E-state index in [2.05, 4.69) is 30.0 Å². The predicted octanol–water partition coefficient (Wildman–Crippen LogP) is 9.15. The maximum absolute atomic E-state index is 14.6. The van der Waals surface area contributed by atoms with E-state index < -0.39 is 81.9 Å². The van der Waals surface area contributed by atoms with Crippen LogP contribution in [0.2, 0.25) is 0 Å². The second-order valence-corrected chi connectivity index (χ2v) is 17.2. The predicted molar refractivity (Wildman–Crippen MR) is 227 cm³/mol. The number of carbonyl (C=O) groups excluding carboxylic acids is 2. The van der Waals surface area contributed by atoms with Gasteiger partial charge in [0.1, 0.15) is 11.6 Å². The highest BCUT2D eigenvalue weighted by Gasteiger charge is 2.64. The first-order valence-corrected chi connectivity index (χ1v) is 21.0. The molecule has 2 atom stereocenters. The molecule has 354 valence electrons. The van der Waals surface area contributed by atoms with Gasteiger partial charge in [0.2, 0.25) is 11.2 Å². The number of nitrogens with one attached hydrogen (secondary N) is 2. The number of hydrogen-bond acceptors (Lipinski definition) is 10. The zero-order valence-corrected chi connectivity index (χ0v) is 35.7. The van der Waals surface area contributed by atoms with E-state index in [9.17, 15) is 64.5 Å². The fourth-order valence-electron chi connectivity index (χ4n) is 9.20. The van der Waals surface area contributed by atoms with Gasteiger partial charge in [0.05, 0.1) is 22.2 Å². The third-order valence-corrected chi connectivity index (χ3v) is 12.9. The van der Waals surface area contributed by atoms with Crippen molar-refractivity contribution in [2.75, 3.05) is 10.6 Å². The molecule has 12 nitrogen and oxygen atoms in total. The van der Waals surface area contributed by atoms with Crippen LogP contribution < -0.4 is 21.9 Å². The van der Waals surface area contributed by atoms with Gasteiger partial charge in [0, 0.05) is 45.8 Å². The van der Waals surface area contributed by atoms with Crippen molar-refractivity contribution in [3.63, 3.8) is 0 Å². The van der Waals surface area contributed by atoms with Gasteiger partial charge >= 0.3 is 23.6 Å². The normalized spacial score (nSPS) is 17.4. The molecule has 2 heterocycles. The van der Waals surface area contributed by atoms with Crippen molar-refractivity contribution in [1.29, 1.82) is 0 Å². The van der Waals surface area contributed by atoms with Gasteiger partial charge in [-0.1, -0.05) is 66.0 Å². The van der Waals surface area contributed by atoms with E-state index in [0.717, 1.165) is 12.1 Å². The molecule has 0 radical (unpaired) electrons. The van der Waals surface area contributed by atoms with Crippen LogP contribution in [0.25, 0.3) is 21.5 Å². The summed E-state index contributed by atoms with van der Waals surface area (Å²) in [4.78, 5) is 49.4. The van der Waals surface area contributed by atoms with Gasteiger partial charge in [-0.2, -0.15) is 26.3 Å². The molecule has 2 aromatic heterocycles. The van der Waals surface area contributed by atoms with Crippen LogP contribution in [-0.2, 0) is 20.4 Å². The molecule has 0 aliphatic heterocycles. The van der Waals surface area contributed by atoms with Crippen LogP contribution in [0.3, 0.4) is 0 Å². The van der Waals surface area contributed by atoms with Gasteiger partial charge in [-0.15, -0.1) is 0 Å². The minimum atomic E-state index is -5.33. The van der Waals surface area contributed by atoms with E-state index in [-0.39, 0.29) is 69.7 Å². The van der Waals surface area contributed by atoms with Crippen LogP contribution in [0.15, 0.2) is 104 Å². The van der Waals surface area contributed by atoms with E-state index in [1.54, 1.807) is 0 Å². The Balaban J connectivity index is 0.000000199. The van der Waals surface area contributed by atoms with Crippen LogP contribution in [-0.4, -0.2) is 55.9 Å². The highest BCUT2D eigenvalue weighted by Crippen LogP contribution is 2.53. The van der Waals surface area contributed by atoms with Crippen molar-refractivity contribution in [3.05, 3.63) is 140 Å². The Hall–Kier alpha value is -6.54. The molecule has 0 spiro atoms. The summed E-state index contributed by atoms with van der Waals surface area (Å²) in [6, 6.07) is 18.6. The molecule has 2 fully saturated rings. The number of anilines is 2. The maximum Gasteiger partial charge on any atom is 0.426 e.